The van der Waals surface area contributed by atoms with E-state index in [4.69, 9.17) is 19.9 Å². The van der Waals surface area contributed by atoms with E-state index in [9.17, 15) is 38.7 Å². The largest absolute Gasteiger partial charge is 0.480 e. The topological polar surface area (TPSA) is 353 Å². The molecule has 0 radical (unpaired) electrons. The second kappa shape index (κ2) is 33.4. The second-order valence-electron chi connectivity index (χ2n) is 24.5. The molecule has 1 heterocycles. The molecular weight excluding hydrogens is 1170 g/mol. The molecule has 24 nitrogen and oxygen atoms in total. The Labute approximate surface area is 523 Å². The minimum absolute atomic E-state index is 0.0404. The fourth-order valence-corrected chi connectivity index (χ4v) is 11.7. The number of carbonyl (C=O) groups is 10. The zero-order valence-corrected chi connectivity index (χ0v) is 54.2. The van der Waals surface area contributed by atoms with Gasteiger partial charge in [-0.2, -0.15) is 0 Å². The van der Waals surface area contributed by atoms with Crippen molar-refractivity contribution in [1.82, 2.24) is 47.9 Å². The lowest BCUT2D eigenvalue weighted by Crippen LogP contribution is -2.63. The second-order valence-corrected chi connectivity index (χ2v) is 27.0. The zero-order chi connectivity index (χ0) is 65.7. The first-order chi connectivity index (χ1) is 41.1. The number of alkyl carbamates (subject to hydrolysis) is 1. The van der Waals surface area contributed by atoms with Crippen molar-refractivity contribution in [3.63, 3.8) is 0 Å². The van der Waals surface area contributed by atoms with E-state index in [-0.39, 0.29) is 24.5 Å². The molecule has 0 spiro atoms. The summed E-state index contributed by atoms with van der Waals surface area (Å²) in [6, 6.07) is 14.9. The molecule has 1 fully saturated rings. The van der Waals surface area contributed by atoms with Crippen LogP contribution in [0, 0.1) is 0 Å². The van der Waals surface area contributed by atoms with E-state index < -0.39 is 149 Å². The van der Waals surface area contributed by atoms with Crippen molar-refractivity contribution in [2.45, 2.75) is 199 Å². The van der Waals surface area contributed by atoms with Crippen molar-refractivity contribution in [1.29, 1.82) is 0 Å². The van der Waals surface area contributed by atoms with Crippen LogP contribution in [0.3, 0.4) is 0 Å². The van der Waals surface area contributed by atoms with Gasteiger partial charge < -0.3 is 72.9 Å². The van der Waals surface area contributed by atoms with Crippen molar-refractivity contribution in [2.75, 3.05) is 18.1 Å². The molecule has 1 aliphatic heterocycles. The number of hydrogen-bond acceptors (Lipinski definition) is 16. The van der Waals surface area contributed by atoms with Crippen LogP contribution in [-0.2, 0) is 62.9 Å². The molecule has 0 aromatic heterocycles. The number of nitrogens with two attached hydrogens (primary N) is 1. The Balaban J connectivity index is 1.97. The molecule has 26 heteroatoms. The predicted octanol–water partition coefficient (Wildman–Crippen LogP) is 3.83. The lowest BCUT2D eigenvalue weighted by molar-refractivity contribution is -0.142. The molecule has 0 saturated carbocycles. The third kappa shape index (κ3) is 23.4. The number of carboxylic acids is 1. The summed E-state index contributed by atoms with van der Waals surface area (Å²) in [7, 11) is 1.85. The maximum absolute atomic E-state index is 15.3. The van der Waals surface area contributed by atoms with Crippen molar-refractivity contribution in [2.24, 2.45) is 5.73 Å². The number of benzene rings is 3. The molecule has 0 unspecified atom stereocenters. The van der Waals surface area contributed by atoms with Crippen LogP contribution < -0.4 is 53.6 Å². The number of unbranched alkanes of at least 4 members (excludes halogenated alkanes) is 1. The van der Waals surface area contributed by atoms with E-state index in [0.717, 1.165) is 21.6 Å². The minimum Gasteiger partial charge on any atom is -0.480 e. The standard InChI is InChI=1S/C62H90N10O14S2/c1-36-50(74)70-49(39(4)85-60(8,9)10)56(80)68-45(53(77)65-37(2)57(81)82)34-87-88-35-46(67-51(75)43(31-23-24-32-63)69-58(83)86-61(11,12)13)54(78)66-44(52(76)71-48(55(79)64-36)38(3)84-59(5,6)7)33-47(73)72-62(40-25-17-14-18-26-40,41-27-19-15-20-28-41)42-29-21-16-22-30-42/h14-22,25-30,36-39,43-46,48-49H,23-24,31-35,63H2,1-13H3,(H,64,79)(H,65,77)(H,66,78)(H,67,75)(H,68,80)(H,69,83)(H,70,74)(H,71,76)(H,72,73)(H,81,82)/t36-,37-,38+,39+,43-,44-,45-,46-,48+,49+/m0/s1. The molecule has 3 aromatic rings. The zero-order valence-electron chi connectivity index (χ0n) is 52.5. The minimum atomic E-state index is -1.85. The van der Waals surface area contributed by atoms with E-state index in [1.807, 2.05) is 91.0 Å². The van der Waals surface area contributed by atoms with Gasteiger partial charge in [-0.3, -0.25) is 43.2 Å². The highest BCUT2D eigenvalue weighted by atomic mass is 33.1. The van der Waals surface area contributed by atoms with E-state index in [1.165, 1.54) is 27.7 Å². The van der Waals surface area contributed by atoms with Crippen molar-refractivity contribution < 1.29 is 67.3 Å². The van der Waals surface area contributed by atoms with Crippen LogP contribution in [0.15, 0.2) is 91.0 Å². The van der Waals surface area contributed by atoms with Gasteiger partial charge in [-0.15, -0.1) is 0 Å². The monoisotopic (exact) mass is 1260 g/mol. The third-order valence-corrected chi connectivity index (χ3v) is 15.8. The molecule has 12 N–H and O–H groups in total. The highest BCUT2D eigenvalue weighted by Crippen LogP contribution is 2.37. The fraction of sp³-hybridized carbons (Fsp3) is 0.548. The maximum Gasteiger partial charge on any atom is 0.408 e. The van der Waals surface area contributed by atoms with Crippen molar-refractivity contribution in [3.8, 4) is 0 Å². The Morgan fingerprint density at radius 1 is 0.614 bits per heavy atom. The first kappa shape index (κ1) is 73.2. The number of carbonyl (C=O) groups excluding carboxylic acids is 9. The maximum atomic E-state index is 15.3. The van der Waals surface area contributed by atoms with Gasteiger partial charge in [-0.1, -0.05) is 113 Å². The summed E-state index contributed by atoms with van der Waals surface area (Å²) < 4.78 is 17.9. The van der Waals surface area contributed by atoms with Crippen LogP contribution in [0.4, 0.5) is 4.79 Å². The molecule has 0 aliphatic carbocycles. The highest BCUT2D eigenvalue weighted by molar-refractivity contribution is 8.76. The molecule has 88 heavy (non-hydrogen) atoms. The smallest absolute Gasteiger partial charge is 0.408 e. The molecule has 3 aromatic carbocycles. The van der Waals surface area contributed by atoms with Crippen molar-refractivity contribution >= 4 is 80.9 Å². The van der Waals surface area contributed by atoms with Crippen LogP contribution in [-0.4, -0.2) is 160 Å². The van der Waals surface area contributed by atoms with Crippen LogP contribution >= 0.6 is 21.6 Å². The number of amides is 9. The summed E-state index contributed by atoms with van der Waals surface area (Å²) in [5, 5.41) is 33.8. The van der Waals surface area contributed by atoms with E-state index in [2.05, 4.69) is 47.9 Å². The van der Waals surface area contributed by atoms with Gasteiger partial charge in [0.05, 0.1) is 29.8 Å². The van der Waals surface area contributed by atoms with Crippen molar-refractivity contribution in [3.05, 3.63) is 108 Å². The van der Waals surface area contributed by atoms with Gasteiger partial charge in [0.15, 0.2) is 0 Å². The first-order valence-electron chi connectivity index (χ1n) is 29.3. The predicted molar refractivity (Wildman–Crippen MR) is 336 cm³/mol. The molecule has 4 rings (SSSR count). The summed E-state index contributed by atoms with van der Waals surface area (Å²) in [4.78, 5) is 143. The van der Waals surface area contributed by atoms with E-state index in [1.54, 1.807) is 62.3 Å². The first-order valence-corrected chi connectivity index (χ1v) is 31.8. The Kier molecular flexibility index (Phi) is 27.8. The molecule has 1 aliphatic rings. The molecule has 9 amide bonds. The van der Waals surface area contributed by atoms with Gasteiger partial charge >= 0.3 is 12.1 Å². The lowest BCUT2D eigenvalue weighted by atomic mass is 9.77. The molecular formula is C62H90N10O14S2. The number of ether oxygens (including phenoxy) is 3. The summed E-state index contributed by atoms with van der Waals surface area (Å²) in [6.07, 6.45) is -3.15. The van der Waals surface area contributed by atoms with Gasteiger partial charge in [0.2, 0.25) is 47.3 Å². The number of hydrogen-bond donors (Lipinski definition) is 11. The van der Waals surface area contributed by atoms with Crippen LogP contribution in [0.2, 0.25) is 0 Å². The SMILES string of the molecule is C[C@H](NC(=O)[C@@H]1CSSC[C@H](NC(=O)[C@H](CCCCN)NC(=O)OC(C)(C)C)C(=O)N[C@@H](CC(=O)NC(c2ccccc2)(c2ccccc2)c2ccccc2)C(=O)N[C@H]([C@@H](C)OC(C)(C)C)C(=O)N[C@@H](C)C(=O)N[C@H]([C@@H](C)OC(C)(C)C)C(=O)N1)C(=O)O. The summed E-state index contributed by atoms with van der Waals surface area (Å²) in [6.45, 7) is 21.0. The average Bonchev–Trinajstić information content (AvgIpc) is 1.30. The van der Waals surface area contributed by atoms with Gasteiger partial charge in [-0.25, -0.2) is 4.79 Å². The lowest BCUT2D eigenvalue weighted by Gasteiger charge is -2.37. The van der Waals surface area contributed by atoms with Gasteiger partial charge in [0.1, 0.15) is 59.5 Å². The Bertz CT molecular complexity index is 2760. The average molecular weight is 1260 g/mol. The quantitative estimate of drug-likeness (QED) is 0.0435. The highest BCUT2D eigenvalue weighted by Gasteiger charge is 2.42. The normalized spacial score (nSPS) is 21.2. The van der Waals surface area contributed by atoms with Crippen LogP contribution in [0.1, 0.15) is 132 Å². The fourth-order valence-electron chi connectivity index (χ4n) is 9.37. The van der Waals surface area contributed by atoms with Crippen LogP contribution in [0.5, 0.6) is 0 Å². The van der Waals surface area contributed by atoms with Gasteiger partial charge in [0, 0.05) is 11.5 Å². The molecule has 0 bridgehead atoms. The van der Waals surface area contributed by atoms with Crippen LogP contribution in [0.25, 0.3) is 0 Å². The Morgan fingerprint density at radius 3 is 1.56 bits per heavy atom. The number of carboxylic acid groups (broad SMARTS) is 1. The third-order valence-electron chi connectivity index (χ3n) is 13.4. The van der Waals surface area contributed by atoms with Gasteiger partial charge in [0.25, 0.3) is 0 Å². The molecule has 1 saturated heterocycles. The summed E-state index contributed by atoms with van der Waals surface area (Å²) in [5.74, 6) is -9.52. The Morgan fingerprint density at radius 2 is 1.09 bits per heavy atom. The summed E-state index contributed by atoms with van der Waals surface area (Å²) in [5.41, 5.74) is 3.49. The summed E-state index contributed by atoms with van der Waals surface area (Å²) >= 11 is 0. The van der Waals surface area contributed by atoms with Gasteiger partial charge in [-0.05, 0) is 133 Å². The number of nitrogens with one attached hydrogen (secondary N) is 9. The molecule has 10 atom stereocenters. The number of rotatable bonds is 20. The van der Waals surface area contributed by atoms with E-state index in [0.29, 0.717) is 29.5 Å². The molecule has 484 valence electrons. The number of aliphatic carboxylic acids is 1. The van der Waals surface area contributed by atoms with E-state index >= 15 is 14.4 Å². The Hall–Kier alpha value is -7.26.